The van der Waals surface area contributed by atoms with Gasteiger partial charge in [0.25, 0.3) is 0 Å². The van der Waals surface area contributed by atoms with Crippen LogP contribution in [0.15, 0.2) is 29.2 Å². The number of benzene rings is 1. The molecule has 1 aliphatic rings. The van der Waals surface area contributed by atoms with E-state index in [-0.39, 0.29) is 6.61 Å². The SMILES string of the molecule is OCCc1ccccc1SC1CCC1. The largest absolute Gasteiger partial charge is 0.396 e. The average Bonchev–Trinajstić information content (AvgIpc) is 2.14. The minimum atomic E-state index is 0.252. The molecule has 1 aromatic carbocycles. The summed E-state index contributed by atoms with van der Waals surface area (Å²) >= 11 is 1.99. The summed E-state index contributed by atoms with van der Waals surface area (Å²) in [5.41, 5.74) is 1.30. The van der Waals surface area contributed by atoms with Crippen molar-refractivity contribution in [2.45, 2.75) is 35.8 Å². The predicted octanol–water partition coefficient (Wildman–Crippen LogP) is 2.87. The molecule has 0 bridgehead atoms. The molecule has 1 aliphatic carbocycles. The molecular formula is C12H16OS. The molecule has 0 aromatic heterocycles. The molecule has 1 N–H and O–H groups in total. The second kappa shape index (κ2) is 4.85. The van der Waals surface area contributed by atoms with Crippen LogP contribution in [0, 0.1) is 0 Å². The van der Waals surface area contributed by atoms with Crippen molar-refractivity contribution in [1.82, 2.24) is 0 Å². The third-order valence-corrected chi connectivity index (χ3v) is 4.16. The number of aliphatic hydroxyl groups is 1. The van der Waals surface area contributed by atoms with E-state index in [0.29, 0.717) is 0 Å². The van der Waals surface area contributed by atoms with Crippen molar-refractivity contribution in [2.24, 2.45) is 0 Å². The Morgan fingerprint density at radius 2 is 2.07 bits per heavy atom. The number of hydrogen-bond acceptors (Lipinski definition) is 2. The third-order valence-electron chi connectivity index (χ3n) is 2.70. The van der Waals surface area contributed by atoms with Gasteiger partial charge in [-0.2, -0.15) is 0 Å². The first-order valence-corrected chi connectivity index (χ1v) is 6.13. The molecule has 0 spiro atoms. The highest BCUT2D eigenvalue weighted by atomic mass is 32.2. The van der Waals surface area contributed by atoms with Crippen molar-refractivity contribution in [3.05, 3.63) is 29.8 Å². The molecule has 2 heteroatoms. The summed E-state index contributed by atoms with van der Waals surface area (Å²) in [6.45, 7) is 0.252. The van der Waals surface area contributed by atoms with E-state index in [0.717, 1.165) is 11.7 Å². The van der Waals surface area contributed by atoms with E-state index in [1.54, 1.807) is 0 Å². The molecule has 0 aliphatic heterocycles. The lowest BCUT2D eigenvalue weighted by molar-refractivity contribution is 0.299. The topological polar surface area (TPSA) is 20.2 Å². The molecule has 14 heavy (non-hydrogen) atoms. The lowest BCUT2D eigenvalue weighted by Crippen LogP contribution is -2.13. The summed E-state index contributed by atoms with van der Waals surface area (Å²) in [4.78, 5) is 1.37. The molecule has 0 radical (unpaired) electrons. The Morgan fingerprint density at radius 1 is 1.29 bits per heavy atom. The van der Waals surface area contributed by atoms with Gasteiger partial charge in [-0.05, 0) is 30.9 Å². The van der Waals surface area contributed by atoms with Gasteiger partial charge in [0.05, 0.1) is 0 Å². The normalized spacial score (nSPS) is 16.6. The van der Waals surface area contributed by atoms with Gasteiger partial charge in [0.1, 0.15) is 0 Å². The summed E-state index contributed by atoms with van der Waals surface area (Å²) in [5, 5.41) is 9.77. The third kappa shape index (κ3) is 2.31. The highest BCUT2D eigenvalue weighted by Gasteiger charge is 2.19. The van der Waals surface area contributed by atoms with Crippen molar-refractivity contribution >= 4 is 11.8 Å². The lowest BCUT2D eigenvalue weighted by atomic mass is 10.00. The second-order valence-electron chi connectivity index (χ2n) is 3.75. The van der Waals surface area contributed by atoms with Crippen LogP contribution in [-0.2, 0) is 6.42 Å². The maximum atomic E-state index is 8.94. The van der Waals surface area contributed by atoms with Crippen LogP contribution >= 0.6 is 11.8 Å². The molecule has 2 rings (SSSR count). The lowest BCUT2D eigenvalue weighted by Gasteiger charge is -2.25. The van der Waals surface area contributed by atoms with E-state index in [4.69, 9.17) is 5.11 Å². The van der Waals surface area contributed by atoms with Crippen molar-refractivity contribution in [1.29, 1.82) is 0 Å². The zero-order valence-electron chi connectivity index (χ0n) is 8.28. The highest BCUT2D eigenvalue weighted by Crippen LogP contribution is 2.37. The van der Waals surface area contributed by atoms with Gasteiger partial charge in [-0.3, -0.25) is 0 Å². The van der Waals surface area contributed by atoms with Crippen LogP contribution in [0.5, 0.6) is 0 Å². The highest BCUT2D eigenvalue weighted by molar-refractivity contribution is 8.00. The number of thioether (sulfide) groups is 1. The maximum absolute atomic E-state index is 8.94. The van der Waals surface area contributed by atoms with E-state index < -0.39 is 0 Å². The van der Waals surface area contributed by atoms with Gasteiger partial charge >= 0.3 is 0 Å². The van der Waals surface area contributed by atoms with E-state index in [9.17, 15) is 0 Å². The molecule has 0 unspecified atom stereocenters. The Kier molecular flexibility index (Phi) is 3.49. The Labute approximate surface area is 89.5 Å². The van der Waals surface area contributed by atoms with Crippen molar-refractivity contribution in [3.63, 3.8) is 0 Å². The number of rotatable bonds is 4. The van der Waals surface area contributed by atoms with Crippen molar-refractivity contribution in [3.8, 4) is 0 Å². The fourth-order valence-electron chi connectivity index (χ4n) is 1.61. The van der Waals surface area contributed by atoms with Crippen molar-refractivity contribution < 1.29 is 5.11 Å². The molecule has 1 nitrogen and oxygen atoms in total. The smallest absolute Gasteiger partial charge is 0.0471 e. The van der Waals surface area contributed by atoms with Crippen molar-refractivity contribution in [2.75, 3.05) is 6.61 Å². The first-order valence-electron chi connectivity index (χ1n) is 5.25. The van der Waals surface area contributed by atoms with Crippen LogP contribution in [0.4, 0.5) is 0 Å². The Morgan fingerprint density at radius 3 is 2.71 bits per heavy atom. The Bertz CT molecular complexity index is 294. The average molecular weight is 208 g/mol. The van der Waals surface area contributed by atoms with E-state index in [1.165, 1.54) is 29.7 Å². The summed E-state index contributed by atoms with van der Waals surface area (Å²) in [5.74, 6) is 0. The fourth-order valence-corrected chi connectivity index (χ4v) is 3.02. The maximum Gasteiger partial charge on any atom is 0.0471 e. The van der Waals surface area contributed by atoms with Gasteiger partial charge in [0, 0.05) is 16.8 Å². The van der Waals surface area contributed by atoms with Crippen LogP contribution < -0.4 is 0 Å². The zero-order chi connectivity index (χ0) is 9.80. The quantitative estimate of drug-likeness (QED) is 0.821. The first kappa shape index (κ1) is 10.1. The van der Waals surface area contributed by atoms with E-state index in [2.05, 4.69) is 24.3 Å². The molecule has 0 atom stereocenters. The molecule has 0 saturated heterocycles. The molecule has 0 heterocycles. The number of hydrogen-bond donors (Lipinski definition) is 1. The molecule has 0 amide bonds. The molecule has 1 saturated carbocycles. The minimum absolute atomic E-state index is 0.252. The van der Waals surface area contributed by atoms with E-state index >= 15 is 0 Å². The van der Waals surface area contributed by atoms with Gasteiger partial charge in [0.15, 0.2) is 0 Å². The molecule has 1 fully saturated rings. The van der Waals surface area contributed by atoms with Gasteiger partial charge in [-0.15, -0.1) is 11.8 Å². The second-order valence-corrected chi connectivity index (χ2v) is 5.09. The van der Waals surface area contributed by atoms with Crippen LogP contribution in [0.25, 0.3) is 0 Å². The predicted molar refractivity (Wildman–Crippen MR) is 60.7 cm³/mol. The summed E-state index contributed by atoms with van der Waals surface area (Å²) in [7, 11) is 0. The summed E-state index contributed by atoms with van der Waals surface area (Å²) < 4.78 is 0. The van der Waals surface area contributed by atoms with Crippen LogP contribution in [-0.4, -0.2) is 17.0 Å². The number of aliphatic hydroxyl groups excluding tert-OH is 1. The Hall–Kier alpha value is -0.470. The van der Waals surface area contributed by atoms with Crippen LogP contribution in [0.2, 0.25) is 0 Å². The van der Waals surface area contributed by atoms with Crippen LogP contribution in [0.3, 0.4) is 0 Å². The van der Waals surface area contributed by atoms with Gasteiger partial charge < -0.3 is 5.11 Å². The van der Waals surface area contributed by atoms with Crippen LogP contribution in [0.1, 0.15) is 24.8 Å². The zero-order valence-corrected chi connectivity index (χ0v) is 9.09. The molecule has 76 valence electrons. The monoisotopic (exact) mass is 208 g/mol. The molecular weight excluding hydrogens is 192 g/mol. The van der Waals surface area contributed by atoms with Gasteiger partial charge in [-0.25, -0.2) is 0 Å². The van der Waals surface area contributed by atoms with E-state index in [1.807, 2.05) is 11.8 Å². The fraction of sp³-hybridized carbons (Fsp3) is 0.500. The minimum Gasteiger partial charge on any atom is -0.396 e. The molecule has 1 aromatic rings. The van der Waals surface area contributed by atoms with Gasteiger partial charge in [-0.1, -0.05) is 24.6 Å². The standard InChI is InChI=1S/C12H16OS/c13-9-8-10-4-1-2-7-12(10)14-11-5-3-6-11/h1-2,4,7,11,13H,3,5-6,8-9H2. The summed E-state index contributed by atoms with van der Waals surface area (Å²) in [6.07, 6.45) is 4.89. The van der Waals surface area contributed by atoms with Gasteiger partial charge in [0.2, 0.25) is 0 Å². The summed E-state index contributed by atoms with van der Waals surface area (Å²) in [6, 6.07) is 8.43. The first-order chi connectivity index (χ1) is 6.90. The Balaban J connectivity index is 2.05.